The number of nitrogens with zero attached hydrogens (tertiary/aromatic N) is 1. The SMILES string of the molecule is CC(C)C(NCC(O)c1ccc(C#N)cc1)c1cccs1. The Bertz CT molecular complexity index is 584. The minimum Gasteiger partial charge on any atom is -0.387 e. The number of nitrogens with one attached hydrogen (secondary N) is 1. The summed E-state index contributed by atoms with van der Waals surface area (Å²) >= 11 is 1.73. The highest BCUT2D eigenvalue weighted by atomic mass is 32.1. The Morgan fingerprint density at radius 3 is 2.48 bits per heavy atom. The lowest BCUT2D eigenvalue weighted by molar-refractivity contribution is 0.166. The van der Waals surface area contributed by atoms with Gasteiger partial charge in [-0.15, -0.1) is 11.3 Å². The van der Waals surface area contributed by atoms with Crippen molar-refractivity contribution in [2.75, 3.05) is 6.54 Å². The van der Waals surface area contributed by atoms with Crippen molar-refractivity contribution in [2.24, 2.45) is 5.92 Å². The molecule has 2 unspecified atom stereocenters. The van der Waals surface area contributed by atoms with Gasteiger partial charge in [-0.25, -0.2) is 0 Å². The summed E-state index contributed by atoms with van der Waals surface area (Å²) in [5.74, 6) is 0.455. The van der Waals surface area contributed by atoms with Crippen LogP contribution in [-0.2, 0) is 0 Å². The van der Waals surface area contributed by atoms with Gasteiger partial charge in [0.1, 0.15) is 0 Å². The molecule has 0 saturated carbocycles. The molecular weight excluding hydrogens is 280 g/mol. The second kappa shape index (κ2) is 7.37. The van der Waals surface area contributed by atoms with Gasteiger partial charge in [0.2, 0.25) is 0 Å². The summed E-state index contributed by atoms with van der Waals surface area (Å²) in [6.45, 7) is 4.84. The number of rotatable bonds is 6. The molecule has 0 aliphatic heterocycles. The van der Waals surface area contributed by atoms with Crippen LogP contribution in [0.5, 0.6) is 0 Å². The van der Waals surface area contributed by atoms with Gasteiger partial charge < -0.3 is 10.4 Å². The maximum atomic E-state index is 10.3. The van der Waals surface area contributed by atoms with E-state index in [0.717, 1.165) is 5.56 Å². The predicted octanol–water partition coefficient (Wildman–Crippen LogP) is 3.64. The summed E-state index contributed by atoms with van der Waals surface area (Å²) in [6.07, 6.45) is -0.570. The summed E-state index contributed by atoms with van der Waals surface area (Å²) in [4.78, 5) is 1.29. The number of aliphatic hydroxyl groups excluding tert-OH is 1. The highest BCUT2D eigenvalue weighted by molar-refractivity contribution is 7.10. The van der Waals surface area contributed by atoms with Crippen LogP contribution in [0.4, 0.5) is 0 Å². The summed E-state index contributed by atoms with van der Waals surface area (Å²) < 4.78 is 0. The minimum atomic E-state index is -0.570. The van der Waals surface area contributed by atoms with Crippen molar-refractivity contribution in [1.29, 1.82) is 5.26 Å². The van der Waals surface area contributed by atoms with Crippen LogP contribution in [0, 0.1) is 17.2 Å². The van der Waals surface area contributed by atoms with Crippen molar-refractivity contribution in [1.82, 2.24) is 5.32 Å². The minimum absolute atomic E-state index is 0.248. The van der Waals surface area contributed by atoms with Crippen molar-refractivity contribution >= 4 is 11.3 Å². The van der Waals surface area contributed by atoms with E-state index in [9.17, 15) is 5.11 Å². The van der Waals surface area contributed by atoms with E-state index in [1.165, 1.54) is 4.88 Å². The molecule has 0 aliphatic carbocycles. The third-order valence-corrected chi connectivity index (χ3v) is 4.43. The Kier molecular flexibility index (Phi) is 5.51. The highest BCUT2D eigenvalue weighted by Crippen LogP contribution is 2.26. The molecule has 2 aromatic rings. The van der Waals surface area contributed by atoms with Crippen LogP contribution < -0.4 is 5.32 Å². The maximum Gasteiger partial charge on any atom is 0.0991 e. The van der Waals surface area contributed by atoms with E-state index in [2.05, 4.69) is 36.7 Å². The van der Waals surface area contributed by atoms with Gasteiger partial charge in [0.25, 0.3) is 0 Å². The number of nitriles is 1. The topological polar surface area (TPSA) is 56.0 Å². The first-order chi connectivity index (χ1) is 10.1. The Labute approximate surface area is 129 Å². The average Bonchev–Trinajstić information content (AvgIpc) is 3.01. The Morgan fingerprint density at radius 1 is 1.24 bits per heavy atom. The van der Waals surface area contributed by atoms with Crippen molar-refractivity contribution in [3.05, 3.63) is 57.8 Å². The zero-order valence-electron chi connectivity index (χ0n) is 12.3. The highest BCUT2D eigenvalue weighted by Gasteiger charge is 2.18. The largest absolute Gasteiger partial charge is 0.387 e. The van der Waals surface area contributed by atoms with E-state index in [1.807, 2.05) is 6.07 Å². The lowest BCUT2D eigenvalue weighted by Gasteiger charge is -2.23. The van der Waals surface area contributed by atoms with E-state index in [1.54, 1.807) is 35.6 Å². The van der Waals surface area contributed by atoms with Crippen LogP contribution in [0.15, 0.2) is 41.8 Å². The lowest BCUT2D eigenvalue weighted by atomic mass is 10.0. The van der Waals surface area contributed by atoms with Crippen LogP contribution >= 0.6 is 11.3 Å². The fourth-order valence-electron chi connectivity index (χ4n) is 2.27. The summed E-state index contributed by atoms with van der Waals surface area (Å²) in [7, 11) is 0. The molecule has 0 bridgehead atoms. The molecule has 1 aromatic carbocycles. The molecule has 2 rings (SSSR count). The fraction of sp³-hybridized carbons (Fsp3) is 0.353. The molecule has 110 valence electrons. The van der Waals surface area contributed by atoms with Gasteiger partial charge in [-0.3, -0.25) is 0 Å². The van der Waals surface area contributed by atoms with Crippen LogP contribution in [0.3, 0.4) is 0 Å². The third kappa shape index (κ3) is 4.15. The number of thiophene rings is 1. The molecule has 0 spiro atoms. The van der Waals surface area contributed by atoms with Gasteiger partial charge >= 0.3 is 0 Å². The molecule has 0 fully saturated rings. The number of hydrogen-bond donors (Lipinski definition) is 2. The molecule has 1 aromatic heterocycles. The number of hydrogen-bond acceptors (Lipinski definition) is 4. The van der Waals surface area contributed by atoms with Gasteiger partial charge in [0.15, 0.2) is 0 Å². The summed E-state index contributed by atoms with van der Waals surface area (Å²) in [5.41, 5.74) is 1.44. The molecular formula is C17H20N2OS. The second-order valence-electron chi connectivity index (χ2n) is 5.39. The van der Waals surface area contributed by atoms with Crippen molar-refractivity contribution in [2.45, 2.75) is 26.0 Å². The Morgan fingerprint density at radius 2 is 1.95 bits per heavy atom. The molecule has 0 amide bonds. The second-order valence-corrected chi connectivity index (χ2v) is 6.37. The van der Waals surface area contributed by atoms with Crippen LogP contribution in [-0.4, -0.2) is 11.7 Å². The molecule has 21 heavy (non-hydrogen) atoms. The zero-order chi connectivity index (χ0) is 15.2. The number of aliphatic hydroxyl groups is 1. The molecule has 0 aliphatic rings. The number of benzene rings is 1. The normalized spacial score (nSPS) is 13.9. The van der Waals surface area contributed by atoms with Gasteiger partial charge in [0, 0.05) is 17.5 Å². The van der Waals surface area contributed by atoms with Gasteiger partial charge in [-0.1, -0.05) is 32.0 Å². The van der Waals surface area contributed by atoms with E-state index < -0.39 is 6.10 Å². The molecule has 2 atom stereocenters. The molecule has 4 heteroatoms. The third-order valence-electron chi connectivity index (χ3n) is 3.47. The van der Waals surface area contributed by atoms with Crippen molar-refractivity contribution in [3.8, 4) is 6.07 Å². The first kappa shape index (κ1) is 15.7. The Balaban J connectivity index is 1.98. The smallest absolute Gasteiger partial charge is 0.0991 e. The van der Waals surface area contributed by atoms with Crippen LogP contribution in [0.1, 0.15) is 42.0 Å². The van der Waals surface area contributed by atoms with E-state index in [4.69, 9.17) is 5.26 Å². The van der Waals surface area contributed by atoms with Crippen molar-refractivity contribution in [3.63, 3.8) is 0 Å². The van der Waals surface area contributed by atoms with Gasteiger partial charge in [-0.05, 0) is 35.1 Å². The van der Waals surface area contributed by atoms with Crippen LogP contribution in [0.2, 0.25) is 0 Å². The average molecular weight is 300 g/mol. The van der Waals surface area contributed by atoms with Gasteiger partial charge in [0.05, 0.1) is 17.7 Å². The quantitative estimate of drug-likeness (QED) is 0.856. The first-order valence-corrected chi connectivity index (χ1v) is 7.94. The summed E-state index contributed by atoms with van der Waals surface area (Å²) in [5, 5.41) is 24.6. The molecule has 3 nitrogen and oxygen atoms in total. The van der Waals surface area contributed by atoms with E-state index in [0.29, 0.717) is 18.0 Å². The van der Waals surface area contributed by atoms with Crippen molar-refractivity contribution < 1.29 is 5.11 Å². The molecule has 1 heterocycles. The maximum absolute atomic E-state index is 10.3. The van der Waals surface area contributed by atoms with Gasteiger partial charge in [-0.2, -0.15) is 5.26 Å². The standard InChI is InChI=1S/C17H20N2OS/c1-12(2)17(16-4-3-9-21-16)19-11-15(20)14-7-5-13(10-18)6-8-14/h3-9,12,15,17,19-20H,11H2,1-2H3. The predicted molar refractivity (Wildman–Crippen MR) is 86.0 cm³/mol. The van der Waals surface area contributed by atoms with E-state index in [-0.39, 0.29) is 6.04 Å². The molecule has 2 N–H and O–H groups in total. The summed E-state index contributed by atoms with van der Waals surface area (Å²) in [6, 6.07) is 13.6. The monoisotopic (exact) mass is 300 g/mol. The lowest BCUT2D eigenvalue weighted by Crippen LogP contribution is -2.29. The van der Waals surface area contributed by atoms with E-state index >= 15 is 0 Å². The fourth-order valence-corrected chi connectivity index (χ4v) is 3.24. The molecule has 0 saturated heterocycles. The Hall–Kier alpha value is -1.67. The first-order valence-electron chi connectivity index (χ1n) is 7.06. The zero-order valence-corrected chi connectivity index (χ0v) is 13.1. The molecule has 0 radical (unpaired) electrons. The van der Waals surface area contributed by atoms with Crippen LogP contribution in [0.25, 0.3) is 0 Å².